The SMILES string of the molecule is CC(C)(C)OC(=O)NCC12CN(Cc3ccccc3)CC1CCO2. The minimum atomic E-state index is -0.479. The molecule has 0 bridgehead atoms. The zero-order valence-corrected chi connectivity index (χ0v) is 14.9. The van der Waals surface area contributed by atoms with Gasteiger partial charge in [-0.25, -0.2) is 4.79 Å². The molecule has 0 radical (unpaired) electrons. The van der Waals surface area contributed by atoms with Gasteiger partial charge in [-0.2, -0.15) is 0 Å². The largest absolute Gasteiger partial charge is 0.444 e. The number of carbonyl (C=O) groups excluding carboxylic acids is 1. The third-order valence-corrected chi connectivity index (χ3v) is 4.75. The zero-order valence-electron chi connectivity index (χ0n) is 14.9. The Morgan fingerprint density at radius 3 is 2.83 bits per heavy atom. The van der Waals surface area contributed by atoms with Crippen molar-refractivity contribution in [2.45, 2.75) is 44.9 Å². The first-order valence-electron chi connectivity index (χ1n) is 8.73. The first-order chi connectivity index (χ1) is 11.4. The van der Waals surface area contributed by atoms with Gasteiger partial charge in [0.1, 0.15) is 11.2 Å². The van der Waals surface area contributed by atoms with Crippen molar-refractivity contribution in [3.8, 4) is 0 Å². The molecule has 0 aromatic heterocycles. The Morgan fingerprint density at radius 1 is 1.38 bits per heavy atom. The Morgan fingerprint density at radius 2 is 2.12 bits per heavy atom. The van der Waals surface area contributed by atoms with Gasteiger partial charge in [-0.3, -0.25) is 4.90 Å². The highest BCUT2D eigenvalue weighted by atomic mass is 16.6. The van der Waals surface area contributed by atoms with Crippen LogP contribution in [-0.2, 0) is 16.0 Å². The standard InChI is InChI=1S/C19H28N2O3/c1-18(2,3)24-17(22)20-13-19-14-21(12-16(19)9-10-23-19)11-15-7-5-4-6-8-15/h4-8,16H,9-14H2,1-3H3,(H,20,22). The molecule has 132 valence electrons. The van der Waals surface area contributed by atoms with Crippen LogP contribution in [-0.4, -0.2) is 48.4 Å². The number of fused-ring (bicyclic) bond motifs is 1. The lowest BCUT2D eigenvalue weighted by Gasteiger charge is -2.29. The first-order valence-corrected chi connectivity index (χ1v) is 8.73. The fraction of sp³-hybridized carbons (Fsp3) is 0.632. The van der Waals surface area contributed by atoms with Gasteiger partial charge >= 0.3 is 6.09 Å². The third-order valence-electron chi connectivity index (χ3n) is 4.75. The number of benzene rings is 1. The Balaban J connectivity index is 1.58. The number of nitrogens with zero attached hydrogens (tertiary/aromatic N) is 1. The Kier molecular flexibility index (Phi) is 4.83. The minimum absolute atomic E-state index is 0.272. The summed E-state index contributed by atoms with van der Waals surface area (Å²) in [7, 11) is 0. The Hall–Kier alpha value is -1.59. The topological polar surface area (TPSA) is 50.8 Å². The number of alkyl carbamates (subject to hydrolysis) is 1. The first kappa shape index (κ1) is 17.2. The van der Waals surface area contributed by atoms with Crippen molar-refractivity contribution in [3.63, 3.8) is 0 Å². The maximum absolute atomic E-state index is 12.0. The van der Waals surface area contributed by atoms with E-state index in [1.807, 2.05) is 26.8 Å². The molecule has 24 heavy (non-hydrogen) atoms. The van der Waals surface area contributed by atoms with Gasteiger partial charge in [-0.15, -0.1) is 0 Å². The monoisotopic (exact) mass is 332 g/mol. The van der Waals surface area contributed by atoms with Gasteiger partial charge in [-0.1, -0.05) is 30.3 Å². The van der Waals surface area contributed by atoms with Crippen LogP contribution in [0.5, 0.6) is 0 Å². The van der Waals surface area contributed by atoms with Crippen molar-refractivity contribution >= 4 is 6.09 Å². The van der Waals surface area contributed by atoms with Crippen molar-refractivity contribution < 1.29 is 14.3 Å². The van der Waals surface area contributed by atoms with E-state index in [0.717, 1.165) is 32.7 Å². The Bertz CT molecular complexity index is 570. The van der Waals surface area contributed by atoms with Gasteiger partial charge in [0.05, 0.1) is 6.54 Å². The van der Waals surface area contributed by atoms with Crippen LogP contribution >= 0.6 is 0 Å². The van der Waals surface area contributed by atoms with Crippen LogP contribution in [0.15, 0.2) is 30.3 Å². The van der Waals surface area contributed by atoms with Crippen LogP contribution in [0.2, 0.25) is 0 Å². The summed E-state index contributed by atoms with van der Waals surface area (Å²) in [5, 5.41) is 2.91. The molecule has 1 aromatic rings. The number of hydrogen-bond donors (Lipinski definition) is 1. The maximum Gasteiger partial charge on any atom is 0.407 e. The second-order valence-electron chi connectivity index (χ2n) is 7.91. The molecule has 1 N–H and O–H groups in total. The molecule has 5 heteroatoms. The lowest BCUT2D eigenvalue weighted by atomic mass is 9.91. The van der Waals surface area contributed by atoms with E-state index < -0.39 is 5.60 Å². The van der Waals surface area contributed by atoms with Crippen molar-refractivity contribution in [1.29, 1.82) is 0 Å². The maximum atomic E-state index is 12.0. The minimum Gasteiger partial charge on any atom is -0.444 e. The molecule has 1 amide bonds. The predicted octanol–water partition coefficient (Wildman–Crippen LogP) is 2.80. The summed E-state index contributed by atoms with van der Waals surface area (Å²) < 4.78 is 11.4. The van der Waals surface area contributed by atoms with Crippen LogP contribution in [0.3, 0.4) is 0 Å². The number of nitrogens with one attached hydrogen (secondary N) is 1. The summed E-state index contributed by atoms with van der Waals surface area (Å²) in [6.07, 6.45) is 0.689. The van der Waals surface area contributed by atoms with Gasteiger partial charge in [0.15, 0.2) is 0 Å². The molecule has 2 heterocycles. The van der Waals surface area contributed by atoms with E-state index in [0.29, 0.717) is 12.5 Å². The number of carbonyl (C=O) groups is 1. The molecule has 2 atom stereocenters. The van der Waals surface area contributed by atoms with Crippen LogP contribution in [0.4, 0.5) is 4.79 Å². The molecule has 0 spiro atoms. The van der Waals surface area contributed by atoms with Crippen LogP contribution in [0.25, 0.3) is 0 Å². The highest BCUT2D eigenvalue weighted by Gasteiger charge is 2.51. The Labute approximate surface area is 144 Å². The number of ether oxygens (including phenoxy) is 2. The van der Waals surface area contributed by atoms with E-state index in [4.69, 9.17) is 9.47 Å². The summed E-state index contributed by atoms with van der Waals surface area (Å²) in [6.45, 7) is 9.70. The van der Waals surface area contributed by atoms with Crippen LogP contribution < -0.4 is 5.32 Å². The second kappa shape index (κ2) is 6.73. The van der Waals surface area contributed by atoms with E-state index in [1.54, 1.807) is 0 Å². The molecular weight excluding hydrogens is 304 g/mol. The van der Waals surface area contributed by atoms with Gasteiger partial charge in [0.2, 0.25) is 0 Å². The molecule has 2 unspecified atom stereocenters. The van der Waals surface area contributed by atoms with Crippen molar-refractivity contribution in [2.75, 3.05) is 26.2 Å². The van der Waals surface area contributed by atoms with E-state index in [1.165, 1.54) is 5.56 Å². The number of hydrogen-bond acceptors (Lipinski definition) is 4. The third kappa shape index (κ3) is 4.08. The average molecular weight is 332 g/mol. The summed E-state index contributed by atoms with van der Waals surface area (Å²) in [6, 6.07) is 10.5. The fourth-order valence-electron chi connectivity index (χ4n) is 3.72. The average Bonchev–Trinajstić information content (AvgIpc) is 3.01. The van der Waals surface area contributed by atoms with Crippen LogP contribution in [0, 0.1) is 5.92 Å². The number of amides is 1. The molecule has 2 aliphatic heterocycles. The summed E-state index contributed by atoms with van der Waals surface area (Å²) >= 11 is 0. The number of rotatable bonds is 4. The highest BCUT2D eigenvalue weighted by Crippen LogP contribution is 2.39. The molecule has 2 saturated heterocycles. The molecule has 5 nitrogen and oxygen atoms in total. The second-order valence-corrected chi connectivity index (χ2v) is 7.91. The molecule has 3 rings (SSSR count). The predicted molar refractivity (Wildman–Crippen MR) is 92.7 cm³/mol. The van der Waals surface area contributed by atoms with E-state index in [2.05, 4.69) is 34.5 Å². The zero-order chi connectivity index (χ0) is 17.2. The molecular formula is C19H28N2O3. The van der Waals surface area contributed by atoms with Crippen molar-refractivity contribution in [2.24, 2.45) is 5.92 Å². The number of likely N-dealkylation sites (tertiary alicyclic amines) is 1. The molecule has 0 aliphatic carbocycles. The molecule has 2 fully saturated rings. The lowest BCUT2D eigenvalue weighted by Crippen LogP contribution is -2.48. The molecule has 2 aliphatic rings. The molecule has 0 saturated carbocycles. The smallest absolute Gasteiger partial charge is 0.407 e. The van der Waals surface area contributed by atoms with Crippen LogP contribution in [0.1, 0.15) is 32.8 Å². The van der Waals surface area contributed by atoms with Gasteiger partial charge in [-0.05, 0) is 32.8 Å². The van der Waals surface area contributed by atoms with E-state index >= 15 is 0 Å². The summed E-state index contributed by atoms with van der Waals surface area (Å²) in [5.41, 5.74) is 0.561. The summed E-state index contributed by atoms with van der Waals surface area (Å²) in [5.74, 6) is 0.469. The normalized spacial score (nSPS) is 27.0. The van der Waals surface area contributed by atoms with Crippen molar-refractivity contribution in [3.05, 3.63) is 35.9 Å². The lowest BCUT2D eigenvalue weighted by molar-refractivity contribution is -0.00940. The fourth-order valence-corrected chi connectivity index (χ4v) is 3.72. The highest BCUT2D eigenvalue weighted by molar-refractivity contribution is 5.67. The molecule has 1 aromatic carbocycles. The summed E-state index contributed by atoms with van der Waals surface area (Å²) in [4.78, 5) is 14.4. The van der Waals surface area contributed by atoms with E-state index in [9.17, 15) is 4.79 Å². The quantitative estimate of drug-likeness (QED) is 0.921. The van der Waals surface area contributed by atoms with Gasteiger partial charge in [0, 0.05) is 32.2 Å². The van der Waals surface area contributed by atoms with Crippen molar-refractivity contribution in [1.82, 2.24) is 10.2 Å². The van der Waals surface area contributed by atoms with Gasteiger partial charge in [0.25, 0.3) is 0 Å². The van der Waals surface area contributed by atoms with E-state index in [-0.39, 0.29) is 11.7 Å². The van der Waals surface area contributed by atoms with Gasteiger partial charge < -0.3 is 14.8 Å².